The van der Waals surface area contributed by atoms with E-state index in [4.69, 9.17) is 0 Å². The first-order valence-electron chi connectivity index (χ1n) is 10.1. The highest BCUT2D eigenvalue weighted by molar-refractivity contribution is 7.25. The average Bonchev–Trinajstić information content (AvgIpc) is 3.11. The summed E-state index contributed by atoms with van der Waals surface area (Å²) in [6.07, 6.45) is 1.93. The van der Waals surface area contributed by atoms with Gasteiger partial charge in [0.25, 0.3) is 0 Å². The highest BCUT2D eigenvalue weighted by atomic mass is 32.1. The van der Waals surface area contributed by atoms with E-state index >= 15 is 0 Å². The third-order valence-corrected chi connectivity index (χ3v) is 6.75. The van der Waals surface area contributed by atoms with Crippen LogP contribution >= 0.6 is 11.3 Å². The lowest BCUT2D eigenvalue weighted by molar-refractivity contribution is 0.864. The summed E-state index contributed by atoms with van der Waals surface area (Å²) in [4.78, 5) is 4.64. The van der Waals surface area contributed by atoms with Crippen molar-refractivity contribution in [3.8, 4) is 22.4 Å². The topological polar surface area (TPSA) is 12.9 Å². The van der Waals surface area contributed by atoms with Gasteiger partial charge in [0.1, 0.15) is 0 Å². The Hall–Kier alpha value is -2.97. The van der Waals surface area contributed by atoms with E-state index in [1.807, 2.05) is 17.5 Å². The van der Waals surface area contributed by atoms with Crippen molar-refractivity contribution >= 4 is 31.5 Å². The van der Waals surface area contributed by atoms with E-state index in [0.29, 0.717) is 5.92 Å². The molecule has 0 spiro atoms. The van der Waals surface area contributed by atoms with Crippen molar-refractivity contribution < 1.29 is 0 Å². The summed E-state index contributed by atoms with van der Waals surface area (Å²) in [6, 6.07) is 26.7. The molecule has 0 unspecified atom stereocenters. The molecule has 0 amide bonds. The highest BCUT2D eigenvalue weighted by Crippen LogP contribution is 2.38. The van der Waals surface area contributed by atoms with Crippen LogP contribution in [0.5, 0.6) is 0 Å². The highest BCUT2D eigenvalue weighted by Gasteiger charge is 2.10. The second-order valence-electron chi connectivity index (χ2n) is 8.02. The van der Waals surface area contributed by atoms with Crippen molar-refractivity contribution in [3.05, 3.63) is 90.1 Å². The van der Waals surface area contributed by atoms with Gasteiger partial charge in [0.05, 0.1) is 5.69 Å². The zero-order valence-corrected chi connectivity index (χ0v) is 17.8. The van der Waals surface area contributed by atoms with E-state index in [-0.39, 0.29) is 0 Å². The van der Waals surface area contributed by atoms with E-state index in [9.17, 15) is 0 Å². The normalized spacial score (nSPS) is 11.6. The van der Waals surface area contributed by atoms with Gasteiger partial charge in [-0.05, 0) is 65.9 Å². The number of rotatable bonds is 3. The summed E-state index contributed by atoms with van der Waals surface area (Å²) in [5.74, 6) is 0.500. The molecule has 0 fully saturated rings. The Bertz CT molecular complexity index is 1330. The molecule has 2 aromatic heterocycles. The molecule has 5 aromatic rings. The van der Waals surface area contributed by atoms with Gasteiger partial charge in [0.2, 0.25) is 0 Å². The minimum Gasteiger partial charge on any atom is -0.256 e. The molecule has 0 atom stereocenters. The minimum absolute atomic E-state index is 0.500. The lowest BCUT2D eigenvalue weighted by Gasteiger charge is -2.08. The molecule has 29 heavy (non-hydrogen) atoms. The van der Waals surface area contributed by atoms with Crippen LogP contribution in [0.2, 0.25) is 0 Å². The molecular weight excluding hydrogens is 370 g/mol. The molecule has 5 rings (SSSR count). The molecule has 0 N–H and O–H groups in total. The van der Waals surface area contributed by atoms with Crippen molar-refractivity contribution in [2.75, 3.05) is 0 Å². The monoisotopic (exact) mass is 393 g/mol. The summed E-state index contributed by atoms with van der Waals surface area (Å²) in [5, 5.41) is 2.64. The Morgan fingerprint density at radius 3 is 2.00 bits per heavy atom. The lowest BCUT2D eigenvalue weighted by atomic mass is 9.99. The number of hydrogen-bond acceptors (Lipinski definition) is 2. The number of fused-ring (bicyclic) bond motifs is 3. The van der Waals surface area contributed by atoms with E-state index < -0.39 is 0 Å². The van der Waals surface area contributed by atoms with E-state index in [2.05, 4.69) is 98.6 Å². The Labute approximate surface area is 175 Å². The fourth-order valence-electron chi connectivity index (χ4n) is 3.83. The maximum absolute atomic E-state index is 4.64. The average molecular weight is 394 g/mol. The first kappa shape index (κ1) is 18.1. The van der Waals surface area contributed by atoms with Crippen LogP contribution in [0.4, 0.5) is 0 Å². The maximum Gasteiger partial charge on any atom is 0.0705 e. The second-order valence-corrected chi connectivity index (χ2v) is 9.10. The Balaban J connectivity index is 1.66. The van der Waals surface area contributed by atoms with Gasteiger partial charge in [0.15, 0.2) is 0 Å². The number of nitrogens with zero attached hydrogens (tertiary/aromatic N) is 1. The number of aryl methyl sites for hydroxylation is 1. The van der Waals surface area contributed by atoms with Crippen LogP contribution in [-0.2, 0) is 0 Å². The quantitative estimate of drug-likeness (QED) is 0.301. The Morgan fingerprint density at radius 2 is 1.31 bits per heavy atom. The summed E-state index contributed by atoms with van der Waals surface area (Å²) in [5.41, 5.74) is 7.37. The zero-order chi connectivity index (χ0) is 20.0. The SMILES string of the molecule is Cc1ccc(-c2ccc3sc4ccc(-c5cc(C(C)C)ccn5)cc4c3c2)cc1. The number of benzene rings is 3. The van der Waals surface area contributed by atoms with Crippen molar-refractivity contribution in [2.24, 2.45) is 0 Å². The summed E-state index contributed by atoms with van der Waals surface area (Å²) in [7, 11) is 0. The molecule has 142 valence electrons. The third-order valence-electron chi connectivity index (χ3n) is 5.60. The first-order chi connectivity index (χ1) is 14.1. The van der Waals surface area contributed by atoms with Crippen LogP contribution in [-0.4, -0.2) is 4.98 Å². The number of thiophene rings is 1. The van der Waals surface area contributed by atoms with Crippen molar-refractivity contribution in [3.63, 3.8) is 0 Å². The van der Waals surface area contributed by atoms with Crippen LogP contribution in [0.3, 0.4) is 0 Å². The minimum atomic E-state index is 0.500. The fraction of sp³-hybridized carbons (Fsp3) is 0.148. The largest absolute Gasteiger partial charge is 0.256 e. The van der Waals surface area contributed by atoms with E-state index in [0.717, 1.165) is 5.69 Å². The van der Waals surface area contributed by atoms with Crippen molar-refractivity contribution in [1.82, 2.24) is 4.98 Å². The molecule has 0 saturated heterocycles. The third kappa shape index (κ3) is 3.34. The predicted molar refractivity (Wildman–Crippen MR) is 127 cm³/mol. The number of pyridine rings is 1. The van der Waals surface area contributed by atoms with Crippen LogP contribution in [0.15, 0.2) is 79.0 Å². The van der Waals surface area contributed by atoms with Crippen molar-refractivity contribution in [1.29, 1.82) is 0 Å². The molecule has 1 nitrogen and oxygen atoms in total. The van der Waals surface area contributed by atoms with Gasteiger partial charge < -0.3 is 0 Å². The Morgan fingerprint density at radius 1 is 0.690 bits per heavy atom. The van der Waals surface area contributed by atoms with Gasteiger partial charge in [-0.1, -0.05) is 55.8 Å². The standard InChI is InChI=1S/C27H23NS/c1-17(2)20-12-13-28-25(16-20)22-9-11-27-24(15-22)23-14-21(8-10-26(23)29-27)19-6-4-18(3)5-7-19/h4-17H,1-3H3. The summed E-state index contributed by atoms with van der Waals surface area (Å²) < 4.78 is 2.65. The molecule has 2 heterocycles. The maximum atomic E-state index is 4.64. The fourth-order valence-corrected chi connectivity index (χ4v) is 4.89. The van der Waals surface area contributed by atoms with Gasteiger partial charge in [-0.15, -0.1) is 11.3 Å². The van der Waals surface area contributed by atoms with Crippen LogP contribution < -0.4 is 0 Å². The van der Waals surface area contributed by atoms with Crippen LogP contribution in [0.1, 0.15) is 30.9 Å². The Kier molecular flexibility index (Phi) is 4.44. The second kappa shape index (κ2) is 7.13. The molecular formula is C27H23NS. The van der Waals surface area contributed by atoms with Gasteiger partial charge in [-0.2, -0.15) is 0 Å². The molecule has 0 saturated carbocycles. The van der Waals surface area contributed by atoms with Crippen LogP contribution in [0.25, 0.3) is 42.6 Å². The molecule has 0 aliphatic heterocycles. The van der Waals surface area contributed by atoms with Gasteiger partial charge in [-0.3, -0.25) is 4.98 Å². The van der Waals surface area contributed by atoms with Gasteiger partial charge in [0, 0.05) is 31.9 Å². The molecule has 2 heteroatoms. The van der Waals surface area contributed by atoms with Gasteiger partial charge in [-0.25, -0.2) is 0 Å². The molecule has 0 aliphatic rings. The molecule has 0 radical (unpaired) electrons. The summed E-state index contributed by atoms with van der Waals surface area (Å²) in [6.45, 7) is 6.58. The lowest BCUT2D eigenvalue weighted by Crippen LogP contribution is -1.90. The molecule has 3 aromatic carbocycles. The van der Waals surface area contributed by atoms with E-state index in [1.54, 1.807) is 0 Å². The molecule has 0 aliphatic carbocycles. The van der Waals surface area contributed by atoms with Crippen molar-refractivity contribution in [2.45, 2.75) is 26.7 Å². The van der Waals surface area contributed by atoms with E-state index in [1.165, 1.54) is 48.0 Å². The van der Waals surface area contributed by atoms with Gasteiger partial charge >= 0.3 is 0 Å². The summed E-state index contributed by atoms with van der Waals surface area (Å²) >= 11 is 1.86. The smallest absolute Gasteiger partial charge is 0.0705 e. The number of hydrogen-bond donors (Lipinski definition) is 0. The first-order valence-corrected chi connectivity index (χ1v) is 10.9. The number of aromatic nitrogens is 1. The molecule has 0 bridgehead atoms. The predicted octanol–water partition coefficient (Wildman–Crippen LogP) is 8.22. The van der Waals surface area contributed by atoms with Crippen LogP contribution in [0, 0.1) is 6.92 Å². The zero-order valence-electron chi connectivity index (χ0n) is 16.9.